The first-order chi connectivity index (χ1) is 9.65. The molecule has 1 saturated heterocycles. The highest BCUT2D eigenvalue weighted by Gasteiger charge is 2.29. The highest BCUT2D eigenvalue weighted by molar-refractivity contribution is 5.74. The lowest BCUT2D eigenvalue weighted by Crippen LogP contribution is -2.28. The molecule has 0 unspecified atom stereocenters. The second-order valence-corrected chi connectivity index (χ2v) is 5.11. The zero-order valence-corrected chi connectivity index (χ0v) is 11.6. The van der Waals surface area contributed by atoms with Crippen LogP contribution < -0.4 is 0 Å². The molecule has 0 saturated carbocycles. The van der Waals surface area contributed by atoms with Gasteiger partial charge in [0.2, 0.25) is 5.91 Å². The summed E-state index contributed by atoms with van der Waals surface area (Å²) in [5, 5.41) is 0. The number of amides is 1. The van der Waals surface area contributed by atoms with E-state index in [1.54, 1.807) is 25.5 Å². The van der Waals surface area contributed by atoms with Crippen LogP contribution in [0.3, 0.4) is 0 Å². The first kappa shape index (κ1) is 12.8. The minimum absolute atomic E-state index is 0.0380. The average Bonchev–Trinajstić information content (AvgIpc) is 3.07. The van der Waals surface area contributed by atoms with Gasteiger partial charge in [-0.1, -0.05) is 0 Å². The Balaban J connectivity index is 1.93. The van der Waals surface area contributed by atoms with Crippen molar-refractivity contribution >= 4 is 5.91 Å². The van der Waals surface area contributed by atoms with Crippen LogP contribution in [0.15, 0.2) is 18.6 Å². The molecule has 1 N–H and O–H groups in total. The Kier molecular flexibility index (Phi) is 3.22. The fraction of sp³-hybridized carbons (Fsp3) is 0.429. The van der Waals surface area contributed by atoms with Crippen LogP contribution in [-0.2, 0) is 4.79 Å². The van der Waals surface area contributed by atoms with Crippen molar-refractivity contribution in [2.24, 2.45) is 0 Å². The highest BCUT2D eigenvalue weighted by Crippen LogP contribution is 2.31. The zero-order chi connectivity index (χ0) is 14.1. The van der Waals surface area contributed by atoms with Gasteiger partial charge in [0.25, 0.3) is 0 Å². The van der Waals surface area contributed by atoms with Gasteiger partial charge in [-0.15, -0.1) is 0 Å². The number of aryl methyl sites for hydroxylation is 1. The molecule has 2 aromatic heterocycles. The van der Waals surface area contributed by atoms with Crippen LogP contribution in [0.1, 0.15) is 37.2 Å². The molecule has 3 rings (SSSR count). The Labute approximate surface area is 117 Å². The molecule has 1 aliphatic heterocycles. The lowest BCUT2D eigenvalue weighted by atomic mass is 10.1. The molecule has 1 atom stereocenters. The first-order valence-corrected chi connectivity index (χ1v) is 6.76. The van der Waals surface area contributed by atoms with Crippen molar-refractivity contribution in [3.63, 3.8) is 0 Å². The van der Waals surface area contributed by atoms with Gasteiger partial charge in [0.05, 0.1) is 24.1 Å². The number of H-pyrrole nitrogens is 1. The summed E-state index contributed by atoms with van der Waals surface area (Å²) in [6, 6.07) is 0.0380. The predicted molar refractivity (Wildman–Crippen MR) is 73.7 cm³/mol. The van der Waals surface area contributed by atoms with Crippen molar-refractivity contribution in [1.82, 2.24) is 24.8 Å². The molecular formula is C14H17N5O. The van der Waals surface area contributed by atoms with Crippen molar-refractivity contribution in [2.45, 2.75) is 32.7 Å². The summed E-state index contributed by atoms with van der Waals surface area (Å²) in [5.74, 6) is 0.803. The molecule has 0 aromatic carbocycles. The SMILES string of the molecule is CC(=O)N1CCC[C@H]1c1cncc(-c2ncc(C)[nH]2)n1. The van der Waals surface area contributed by atoms with Gasteiger partial charge in [0.1, 0.15) is 5.69 Å². The van der Waals surface area contributed by atoms with Crippen molar-refractivity contribution in [3.05, 3.63) is 30.0 Å². The van der Waals surface area contributed by atoms with Gasteiger partial charge >= 0.3 is 0 Å². The van der Waals surface area contributed by atoms with E-state index in [0.29, 0.717) is 11.5 Å². The number of aromatic amines is 1. The molecule has 2 aromatic rings. The largest absolute Gasteiger partial charge is 0.341 e. The van der Waals surface area contributed by atoms with Gasteiger partial charge in [0, 0.05) is 25.4 Å². The molecule has 0 radical (unpaired) electrons. The maximum absolute atomic E-state index is 11.6. The van der Waals surface area contributed by atoms with E-state index < -0.39 is 0 Å². The van der Waals surface area contributed by atoms with E-state index in [9.17, 15) is 4.79 Å². The molecule has 104 valence electrons. The molecule has 6 heteroatoms. The summed E-state index contributed by atoms with van der Waals surface area (Å²) < 4.78 is 0. The maximum atomic E-state index is 11.6. The lowest BCUT2D eigenvalue weighted by molar-refractivity contribution is -0.129. The molecule has 0 spiro atoms. The molecule has 6 nitrogen and oxygen atoms in total. The fourth-order valence-electron chi connectivity index (χ4n) is 2.65. The Hall–Kier alpha value is -2.24. The Morgan fingerprint density at radius 1 is 1.40 bits per heavy atom. The zero-order valence-electron chi connectivity index (χ0n) is 11.6. The van der Waals surface area contributed by atoms with E-state index in [-0.39, 0.29) is 11.9 Å². The quantitative estimate of drug-likeness (QED) is 0.904. The predicted octanol–water partition coefficient (Wildman–Crippen LogP) is 1.86. The normalized spacial score (nSPS) is 18.5. The molecule has 3 heterocycles. The molecule has 0 aliphatic carbocycles. The van der Waals surface area contributed by atoms with Gasteiger partial charge in [-0.2, -0.15) is 0 Å². The fourth-order valence-corrected chi connectivity index (χ4v) is 2.65. The molecule has 0 bridgehead atoms. The summed E-state index contributed by atoms with van der Waals surface area (Å²) in [5.41, 5.74) is 2.54. The van der Waals surface area contributed by atoms with Crippen LogP contribution in [0.25, 0.3) is 11.5 Å². The van der Waals surface area contributed by atoms with E-state index in [4.69, 9.17) is 0 Å². The van der Waals surface area contributed by atoms with E-state index in [1.807, 2.05) is 11.8 Å². The van der Waals surface area contributed by atoms with E-state index in [2.05, 4.69) is 19.9 Å². The van der Waals surface area contributed by atoms with Crippen LogP contribution >= 0.6 is 0 Å². The number of nitrogens with one attached hydrogen (secondary N) is 1. The summed E-state index contributed by atoms with van der Waals surface area (Å²) in [4.78, 5) is 29.8. The number of aromatic nitrogens is 4. The summed E-state index contributed by atoms with van der Waals surface area (Å²) in [6.07, 6.45) is 7.14. The van der Waals surface area contributed by atoms with E-state index >= 15 is 0 Å². The number of imidazole rings is 1. The number of rotatable bonds is 2. The Morgan fingerprint density at radius 3 is 2.95 bits per heavy atom. The van der Waals surface area contributed by atoms with E-state index in [1.165, 1.54) is 0 Å². The van der Waals surface area contributed by atoms with Gasteiger partial charge in [-0.25, -0.2) is 9.97 Å². The number of hydrogen-bond donors (Lipinski definition) is 1. The topological polar surface area (TPSA) is 74.8 Å². The van der Waals surface area contributed by atoms with Crippen LogP contribution in [0, 0.1) is 6.92 Å². The third kappa shape index (κ3) is 2.29. The van der Waals surface area contributed by atoms with E-state index in [0.717, 1.165) is 30.8 Å². The second kappa shape index (κ2) is 5.03. The lowest BCUT2D eigenvalue weighted by Gasteiger charge is -2.22. The minimum atomic E-state index is 0.0380. The third-order valence-electron chi connectivity index (χ3n) is 3.60. The second-order valence-electron chi connectivity index (χ2n) is 5.11. The molecular weight excluding hydrogens is 254 g/mol. The van der Waals surface area contributed by atoms with Crippen molar-refractivity contribution in [3.8, 4) is 11.5 Å². The van der Waals surface area contributed by atoms with Gasteiger partial charge in [0.15, 0.2) is 5.82 Å². The standard InChI is InChI=1S/C14H17N5O/c1-9-6-16-14(17-9)12-8-15-7-11(18-12)13-4-3-5-19(13)10(2)20/h6-8,13H,3-5H2,1-2H3,(H,16,17)/t13-/m0/s1. The number of hydrogen-bond acceptors (Lipinski definition) is 4. The number of likely N-dealkylation sites (tertiary alicyclic amines) is 1. The smallest absolute Gasteiger partial charge is 0.220 e. The van der Waals surface area contributed by atoms with Crippen LogP contribution in [0.4, 0.5) is 0 Å². The van der Waals surface area contributed by atoms with Crippen LogP contribution in [0.2, 0.25) is 0 Å². The summed E-state index contributed by atoms with van der Waals surface area (Å²) >= 11 is 0. The van der Waals surface area contributed by atoms with Gasteiger partial charge in [-0.05, 0) is 19.8 Å². The average molecular weight is 271 g/mol. The maximum Gasteiger partial charge on any atom is 0.220 e. The third-order valence-corrected chi connectivity index (χ3v) is 3.60. The Bertz CT molecular complexity index is 636. The highest BCUT2D eigenvalue weighted by atomic mass is 16.2. The molecule has 1 amide bonds. The van der Waals surface area contributed by atoms with Gasteiger partial charge in [-0.3, -0.25) is 9.78 Å². The van der Waals surface area contributed by atoms with Crippen molar-refractivity contribution < 1.29 is 4.79 Å². The van der Waals surface area contributed by atoms with Crippen molar-refractivity contribution in [1.29, 1.82) is 0 Å². The monoisotopic (exact) mass is 271 g/mol. The number of carbonyl (C=O) groups is 1. The number of nitrogens with zero attached hydrogens (tertiary/aromatic N) is 4. The molecule has 20 heavy (non-hydrogen) atoms. The first-order valence-electron chi connectivity index (χ1n) is 6.76. The summed E-state index contributed by atoms with van der Waals surface area (Å²) in [6.45, 7) is 4.35. The Morgan fingerprint density at radius 2 is 2.25 bits per heavy atom. The number of carbonyl (C=O) groups excluding carboxylic acids is 1. The van der Waals surface area contributed by atoms with Crippen LogP contribution in [0.5, 0.6) is 0 Å². The minimum Gasteiger partial charge on any atom is -0.341 e. The van der Waals surface area contributed by atoms with Gasteiger partial charge < -0.3 is 9.88 Å². The molecule has 1 aliphatic rings. The summed E-state index contributed by atoms with van der Waals surface area (Å²) in [7, 11) is 0. The van der Waals surface area contributed by atoms with Crippen LogP contribution in [-0.4, -0.2) is 37.3 Å². The van der Waals surface area contributed by atoms with Crippen molar-refractivity contribution in [2.75, 3.05) is 6.54 Å². The molecule has 1 fully saturated rings.